The fourth-order valence-corrected chi connectivity index (χ4v) is 8.07. The molecule has 0 radical (unpaired) electrons. The molecule has 9 heteroatoms. The molecule has 3 N–H and O–H groups in total. The summed E-state index contributed by atoms with van der Waals surface area (Å²) in [6.07, 6.45) is 46.8. The zero-order valence-corrected chi connectivity index (χ0v) is 39.5. The zero-order chi connectivity index (χ0) is 42.1. The van der Waals surface area contributed by atoms with Gasteiger partial charge in [-0.15, -0.1) is 0 Å². The maximum atomic E-state index is 12.9. The molecule has 57 heavy (non-hydrogen) atoms. The number of quaternary nitrogens is 1. The number of nitrogens with one attached hydrogen (secondary N) is 1. The Morgan fingerprint density at radius 3 is 1.35 bits per heavy atom. The van der Waals surface area contributed by atoms with Gasteiger partial charge in [0.2, 0.25) is 5.91 Å². The van der Waals surface area contributed by atoms with Crippen molar-refractivity contribution in [1.82, 2.24) is 5.32 Å². The number of carbonyl (C=O) groups is 1. The van der Waals surface area contributed by atoms with Gasteiger partial charge in [-0.1, -0.05) is 206 Å². The highest BCUT2D eigenvalue weighted by Crippen LogP contribution is 2.43. The molecule has 3 unspecified atom stereocenters. The number of unbranched alkanes of at least 4 members (excludes halogenated alkanes) is 30. The van der Waals surface area contributed by atoms with Gasteiger partial charge >= 0.3 is 7.82 Å². The summed E-state index contributed by atoms with van der Waals surface area (Å²) >= 11 is 0. The lowest BCUT2D eigenvalue weighted by molar-refractivity contribution is -0.870. The quantitative estimate of drug-likeness (QED) is 0.0244. The fourth-order valence-electron chi connectivity index (χ4n) is 7.34. The first-order valence-electron chi connectivity index (χ1n) is 24.6. The molecular weight excluding hydrogens is 732 g/mol. The van der Waals surface area contributed by atoms with Crippen molar-refractivity contribution in [3.8, 4) is 0 Å². The fraction of sp³-hybridized carbons (Fsp3) is 0.938. The Labute approximate surface area is 354 Å². The van der Waals surface area contributed by atoms with Gasteiger partial charge in [0.1, 0.15) is 13.2 Å². The molecular formula is C48H98N2O6P+. The van der Waals surface area contributed by atoms with Gasteiger partial charge in [-0.3, -0.25) is 13.8 Å². The van der Waals surface area contributed by atoms with Crippen LogP contribution in [-0.2, 0) is 18.4 Å². The summed E-state index contributed by atoms with van der Waals surface area (Å²) in [7, 11) is 1.62. The van der Waals surface area contributed by atoms with Crippen molar-refractivity contribution in [2.75, 3.05) is 40.9 Å². The number of phosphoric acid groups is 1. The predicted molar refractivity (Wildman–Crippen MR) is 245 cm³/mol. The Morgan fingerprint density at radius 2 is 0.947 bits per heavy atom. The lowest BCUT2D eigenvalue weighted by atomic mass is 10.0. The summed E-state index contributed by atoms with van der Waals surface area (Å²) in [6, 6.07) is -0.757. The van der Waals surface area contributed by atoms with Gasteiger partial charge in [-0.2, -0.15) is 0 Å². The van der Waals surface area contributed by atoms with Gasteiger partial charge in [-0.05, 0) is 38.5 Å². The van der Waals surface area contributed by atoms with Crippen LogP contribution in [0.15, 0.2) is 12.2 Å². The lowest BCUT2D eigenvalue weighted by Crippen LogP contribution is -2.46. The van der Waals surface area contributed by atoms with Crippen LogP contribution in [0, 0.1) is 0 Å². The molecule has 0 saturated heterocycles. The molecule has 1 amide bonds. The number of likely N-dealkylation sites (N-methyl/N-ethyl adjacent to an activating group) is 1. The summed E-state index contributed by atoms with van der Waals surface area (Å²) < 4.78 is 23.6. The van der Waals surface area contributed by atoms with Gasteiger partial charge in [0, 0.05) is 6.42 Å². The average Bonchev–Trinajstić information content (AvgIpc) is 3.16. The third-order valence-electron chi connectivity index (χ3n) is 11.3. The van der Waals surface area contributed by atoms with Crippen LogP contribution in [0.25, 0.3) is 0 Å². The van der Waals surface area contributed by atoms with Gasteiger partial charge < -0.3 is 19.8 Å². The van der Waals surface area contributed by atoms with Crippen molar-refractivity contribution in [1.29, 1.82) is 0 Å². The van der Waals surface area contributed by atoms with Gasteiger partial charge in [-0.25, -0.2) is 4.57 Å². The summed E-state index contributed by atoms with van der Waals surface area (Å²) in [5.41, 5.74) is 0. The minimum atomic E-state index is -4.31. The Balaban J connectivity index is 4.15. The van der Waals surface area contributed by atoms with Crippen LogP contribution in [0.4, 0.5) is 0 Å². The number of hydrogen-bond acceptors (Lipinski definition) is 5. The van der Waals surface area contributed by atoms with Crippen LogP contribution >= 0.6 is 7.82 Å². The molecule has 8 nitrogen and oxygen atoms in total. The van der Waals surface area contributed by atoms with Crippen molar-refractivity contribution in [3.63, 3.8) is 0 Å². The number of phosphoric ester groups is 1. The molecule has 0 aromatic heterocycles. The van der Waals surface area contributed by atoms with Crippen molar-refractivity contribution in [2.24, 2.45) is 0 Å². The van der Waals surface area contributed by atoms with E-state index in [4.69, 9.17) is 9.05 Å². The highest BCUT2D eigenvalue weighted by molar-refractivity contribution is 7.47. The Bertz CT molecular complexity index is 942. The standard InChI is InChI=1S/C48H97N2O6P/c1-6-8-10-12-14-16-18-19-20-21-22-23-24-25-26-27-28-29-30-32-34-36-38-40-42-48(52)49-46(45-56-57(53,54)55-44-43-50(3,4)5)47(51)41-39-37-35-33-31-17-15-13-11-9-7-2/h25-26,46-47,51H,6-24,27-45H2,1-5H3,(H-,49,52,53,54)/p+1/b26-25-. The molecule has 0 rings (SSSR count). The molecule has 0 aliphatic carbocycles. The molecule has 0 heterocycles. The lowest BCUT2D eigenvalue weighted by Gasteiger charge is -2.26. The Morgan fingerprint density at radius 1 is 0.579 bits per heavy atom. The maximum absolute atomic E-state index is 12.9. The van der Waals surface area contributed by atoms with E-state index in [1.165, 1.54) is 173 Å². The molecule has 0 saturated carbocycles. The second kappa shape index (κ2) is 40.6. The van der Waals surface area contributed by atoms with Crippen LogP contribution in [0.3, 0.4) is 0 Å². The van der Waals surface area contributed by atoms with Gasteiger partial charge in [0.05, 0.1) is 39.9 Å². The largest absolute Gasteiger partial charge is 0.472 e. The van der Waals surface area contributed by atoms with E-state index in [1.807, 2.05) is 21.1 Å². The normalized spacial score (nSPS) is 14.3. The van der Waals surface area contributed by atoms with Crippen LogP contribution in [0.2, 0.25) is 0 Å². The van der Waals surface area contributed by atoms with Crippen LogP contribution in [0.1, 0.15) is 239 Å². The first-order chi connectivity index (χ1) is 27.5. The zero-order valence-electron chi connectivity index (χ0n) is 38.6. The third-order valence-corrected chi connectivity index (χ3v) is 12.2. The number of hydrogen-bond donors (Lipinski definition) is 3. The first kappa shape index (κ1) is 56.2. The van der Waals surface area contributed by atoms with E-state index in [2.05, 4.69) is 31.3 Å². The molecule has 3 atom stereocenters. The highest BCUT2D eigenvalue weighted by atomic mass is 31.2. The molecule has 0 aromatic carbocycles. The number of carbonyl (C=O) groups excluding carboxylic acids is 1. The van der Waals surface area contributed by atoms with Crippen LogP contribution < -0.4 is 5.32 Å². The van der Waals surface area contributed by atoms with E-state index in [0.29, 0.717) is 23.9 Å². The molecule has 0 aliphatic rings. The maximum Gasteiger partial charge on any atom is 0.472 e. The highest BCUT2D eigenvalue weighted by Gasteiger charge is 2.28. The van der Waals surface area contributed by atoms with E-state index in [-0.39, 0.29) is 19.1 Å². The molecule has 0 aliphatic heterocycles. The van der Waals surface area contributed by atoms with Crippen molar-refractivity contribution in [3.05, 3.63) is 12.2 Å². The Hall–Kier alpha value is -0.760. The molecule has 340 valence electrons. The average molecular weight is 830 g/mol. The number of aliphatic hydroxyl groups is 1. The van der Waals surface area contributed by atoms with Crippen molar-refractivity contribution < 1.29 is 32.9 Å². The molecule has 0 aromatic rings. The Kier molecular flexibility index (Phi) is 40.1. The molecule has 0 bridgehead atoms. The summed E-state index contributed by atoms with van der Waals surface area (Å²) in [6.45, 7) is 4.89. The summed E-state index contributed by atoms with van der Waals surface area (Å²) in [5, 5.41) is 13.9. The summed E-state index contributed by atoms with van der Waals surface area (Å²) in [4.78, 5) is 23.2. The third kappa shape index (κ3) is 43.1. The van der Waals surface area contributed by atoms with E-state index in [1.54, 1.807) is 0 Å². The summed E-state index contributed by atoms with van der Waals surface area (Å²) in [5.74, 6) is -0.146. The second-order valence-electron chi connectivity index (χ2n) is 18.2. The van der Waals surface area contributed by atoms with E-state index in [9.17, 15) is 19.4 Å². The number of amides is 1. The van der Waals surface area contributed by atoms with Crippen LogP contribution in [0.5, 0.6) is 0 Å². The predicted octanol–water partition coefficient (Wildman–Crippen LogP) is 13.9. The first-order valence-corrected chi connectivity index (χ1v) is 26.0. The van der Waals surface area contributed by atoms with Gasteiger partial charge in [0.15, 0.2) is 0 Å². The topological polar surface area (TPSA) is 105 Å². The number of rotatable bonds is 45. The van der Waals surface area contributed by atoms with E-state index < -0.39 is 20.0 Å². The number of aliphatic hydroxyl groups excluding tert-OH is 1. The second-order valence-corrected chi connectivity index (χ2v) is 19.6. The van der Waals surface area contributed by atoms with E-state index >= 15 is 0 Å². The van der Waals surface area contributed by atoms with Gasteiger partial charge in [0.25, 0.3) is 0 Å². The molecule has 0 spiro atoms. The smallest absolute Gasteiger partial charge is 0.391 e. The minimum Gasteiger partial charge on any atom is -0.391 e. The monoisotopic (exact) mass is 830 g/mol. The van der Waals surface area contributed by atoms with Crippen molar-refractivity contribution >= 4 is 13.7 Å². The number of nitrogens with zero attached hydrogens (tertiary/aromatic N) is 1. The van der Waals surface area contributed by atoms with E-state index in [0.717, 1.165) is 38.5 Å². The van der Waals surface area contributed by atoms with Crippen molar-refractivity contribution in [2.45, 2.75) is 251 Å². The number of allylic oxidation sites excluding steroid dienone is 2. The SMILES string of the molecule is CCCCCCCCCCCCCC/C=C\CCCCCCCCCCC(=O)NC(COP(=O)(O)OCC[N+](C)(C)C)C(O)CCCCCCCCCCCCC. The minimum absolute atomic E-state index is 0.0759. The molecule has 0 fully saturated rings. The van der Waals surface area contributed by atoms with Crippen LogP contribution in [-0.4, -0.2) is 73.4 Å².